The van der Waals surface area contributed by atoms with E-state index in [1.165, 1.54) is 39.9 Å². The van der Waals surface area contributed by atoms with E-state index in [2.05, 4.69) is 91.8 Å². The van der Waals surface area contributed by atoms with Crippen molar-refractivity contribution in [3.8, 4) is 22.3 Å². The van der Waals surface area contributed by atoms with Crippen molar-refractivity contribution < 1.29 is 70.3 Å². The summed E-state index contributed by atoms with van der Waals surface area (Å²) in [6, 6.07) is 41.1. The zero-order valence-corrected chi connectivity index (χ0v) is 38.7. The summed E-state index contributed by atoms with van der Waals surface area (Å²) < 4.78 is 13.1. The molecule has 0 heterocycles. The number of nitrogen functional groups attached to an aromatic ring is 1. The van der Waals surface area contributed by atoms with Crippen molar-refractivity contribution in [2.45, 2.75) is 85.5 Å². The van der Waals surface area contributed by atoms with Gasteiger partial charge in [-0.1, -0.05) is 171 Å². The first-order chi connectivity index (χ1) is 27.1. The number of nitro groups is 2. The van der Waals surface area contributed by atoms with Crippen LogP contribution in [0.15, 0.2) is 133 Å². The zero-order valence-electron chi connectivity index (χ0n) is 35.6. The molecule has 10 heteroatoms. The van der Waals surface area contributed by atoms with E-state index < -0.39 is 16.4 Å². The van der Waals surface area contributed by atoms with E-state index in [0.29, 0.717) is 35.7 Å². The molecule has 304 valence electrons. The topological polar surface area (TPSA) is 112 Å². The van der Waals surface area contributed by atoms with Crippen LogP contribution in [0.4, 0.5) is 21.5 Å². The van der Waals surface area contributed by atoms with Gasteiger partial charge in [0.05, 0.1) is 9.85 Å². The van der Waals surface area contributed by atoms with Crippen molar-refractivity contribution in [3.63, 3.8) is 0 Å². The summed E-state index contributed by atoms with van der Waals surface area (Å²) in [6.45, 7) is 17.4. The van der Waals surface area contributed by atoms with E-state index in [4.69, 9.17) is 5.73 Å². The van der Waals surface area contributed by atoms with Crippen molar-refractivity contribution in [1.82, 2.24) is 0 Å². The third kappa shape index (κ3) is 13.7. The standard InChI is InChI=1S/C25H27NO2.C12H8FNO2.C12H19N.FH.K/c1-17(2)22-11-8-12-23(18(3)4)24(22)15-21-14-13-20(16-25(21)26(27)28)19-9-6-5-7-10-19;13-11-7-6-10(8-12(11)14(15)16)9-4-2-1-3-5-9;1-8(2)10-6-5-7-11(9(3)4)12(10)13;;/h5-14,16-18H,15H2,1-4H3;1-8H;5-9H,13H2,1-4H3;1H;/q;;;;+1/p-1. The van der Waals surface area contributed by atoms with E-state index in [-0.39, 0.29) is 66.7 Å². The predicted octanol–water partition coefficient (Wildman–Crippen LogP) is 8.02. The summed E-state index contributed by atoms with van der Waals surface area (Å²) in [4.78, 5) is 21.4. The molecular formula is C49H54F2KN3O4. The van der Waals surface area contributed by atoms with Crippen molar-refractivity contribution in [2.75, 3.05) is 5.73 Å². The molecule has 0 aromatic heterocycles. The average molecular weight is 826 g/mol. The molecule has 0 spiro atoms. The van der Waals surface area contributed by atoms with Gasteiger partial charge in [0.2, 0.25) is 5.82 Å². The van der Waals surface area contributed by atoms with Gasteiger partial charge >= 0.3 is 57.1 Å². The predicted molar refractivity (Wildman–Crippen MR) is 233 cm³/mol. The second-order valence-electron chi connectivity index (χ2n) is 15.3. The van der Waals surface area contributed by atoms with Crippen LogP contribution in [0.3, 0.4) is 0 Å². The fourth-order valence-electron chi connectivity index (χ4n) is 6.86. The Labute approximate surface area is 390 Å². The van der Waals surface area contributed by atoms with Crippen LogP contribution in [0, 0.1) is 26.0 Å². The zero-order chi connectivity index (χ0) is 41.8. The Bertz CT molecular complexity index is 2230. The molecule has 59 heavy (non-hydrogen) atoms. The number of benzene rings is 6. The molecule has 0 unspecified atom stereocenters. The molecule has 0 radical (unpaired) electrons. The second-order valence-corrected chi connectivity index (χ2v) is 15.3. The van der Waals surface area contributed by atoms with Crippen LogP contribution in [-0.4, -0.2) is 9.85 Å². The molecule has 2 N–H and O–H groups in total. The van der Waals surface area contributed by atoms with Gasteiger partial charge in [-0.3, -0.25) is 20.2 Å². The van der Waals surface area contributed by atoms with E-state index in [0.717, 1.165) is 34.0 Å². The molecule has 0 saturated heterocycles. The number of hydrogen-bond donors (Lipinski definition) is 1. The van der Waals surface area contributed by atoms with E-state index in [1.54, 1.807) is 6.07 Å². The number of nitrogens with two attached hydrogens (primary N) is 1. The molecule has 0 aliphatic rings. The summed E-state index contributed by atoms with van der Waals surface area (Å²) >= 11 is 0. The minimum atomic E-state index is -0.815. The van der Waals surface area contributed by atoms with Crippen LogP contribution in [0.2, 0.25) is 0 Å². The van der Waals surface area contributed by atoms with Crippen molar-refractivity contribution in [2.24, 2.45) is 0 Å². The first kappa shape index (κ1) is 50.6. The third-order valence-electron chi connectivity index (χ3n) is 9.92. The number of anilines is 1. The molecule has 7 nitrogen and oxygen atoms in total. The molecule has 0 amide bonds. The van der Waals surface area contributed by atoms with Crippen molar-refractivity contribution in [3.05, 3.63) is 193 Å². The smallest absolute Gasteiger partial charge is 1.00 e. The van der Waals surface area contributed by atoms with Crippen LogP contribution < -0.4 is 61.8 Å². The van der Waals surface area contributed by atoms with Crippen LogP contribution in [0.5, 0.6) is 0 Å². The second kappa shape index (κ2) is 23.9. The molecule has 0 aliphatic heterocycles. The summed E-state index contributed by atoms with van der Waals surface area (Å²) in [5.41, 5.74) is 17.1. The van der Waals surface area contributed by atoms with Crippen LogP contribution >= 0.6 is 0 Å². The van der Waals surface area contributed by atoms with Gasteiger partial charge in [0, 0.05) is 29.8 Å². The summed E-state index contributed by atoms with van der Waals surface area (Å²) in [5, 5.41) is 22.4. The monoisotopic (exact) mass is 825 g/mol. The Morgan fingerprint density at radius 2 is 0.881 bits per heavy atom. The molecule has 6 aromatic rings. The molecule has 0 aliphatic carbocycles. The number of rotatable bonds is 10. The summed E-state index contributed by atoms with van der Waals surface area (Å²) in [6.07, 6.45) is 0.577. The minimum Gasteiger partial charge on any atom is -1.00 e. The summed E-state index contributed by atoms with van der Waals surface area (Å²) in [5.74, 6) is 0.953. The van der Waals surface area contributed by atoms with Crippen LogP contribution in [0.1, 0.15) is 112 Å². The Morgan fingerprint density at radius 1 is 0.508 bits per heavy atom. The Hall–Kier alpha value is -4.58. The molecular weight excluding hydrogens is 772 g/mol. The largest absolute Gasteiger partial charge is 1.00 e. The number of halogens is 2. The molecule has 6 rings (SSSR count). The number of hydrogen-bond acceptors (Lipinski definition) is 5. The number of nitro benzene ring substituents is 2. The SMILES string of the molecule is CC(C)c1cccc(C(C)C)c1Cc1ccc(-c2ccccc2)cc1[N+](=O)[O-].CC(C)c1cccc(C(C)C)c1N.O=[N+]([O-])c1cc(-c2ccccc2)ccc1F.[F-].[K+]. The Kier molecular flexibility index (Phi) is 20.5. The van der Waals surface area contributed by atoms with Gasteiger partial charge in [0.1, 0.15) is 0 Å². The van der Waals surface area contributed by atoms with Gasteiger partial charge in [0.15, 0.2) is 0 Å². The first-order valence-corrected chi connectivity index (χ1v) is 19.4. The normalized spacial score (nSPS) is 10.5. The molecule has 0 saturated carbocycles. The fraction of sp³-hybridized carbons (Fsp3) is 0.265. The molecule has 0 bridgehead atoms. The van der Waals surface area contributed by atoms with Gasteiger partial charge in [-0.25, -0.2) is 0 Å². The van der Waals surface area contributed by atoms with Gasteiger partial charge < -0.3 is 10.4 Å². The van der Waals surface area contributed by atoms with E-state index in [9.17, 15) is 24.6 Å². The maximum atomic E-state index is 13.1. The quantitative estimate of drug-likeness (QED) is 0.0651. The third-order valence-corrected chi connectivity index (χ3v) is 9.92. The maximum Gasteiger partial charge on any atom is 1.00 e. The van der Waals surface area contributed by atoms with Crippen LogP contribution in [0.25, 0.3) is 22.3 Å². The van der Waals surface area contributed by atoms with Gasteiger partial charge in [0.25, 0.3) is 5.69 Å². The van der Waals surface area contributed by atoms with E-state index in [1.807, 2.05) is 72.8 Å². The first-order valence-electron chi connectivity index (χ1n) is 19.4. The van der Waals surface area contributed by atoms with Gasteiger partial charge in [-0.05, 0) is 79.8 Å². The minimum absolute atomic E-state index is 0. The van der Waals surface area contributed by atoms with E-state index >= 15 is 0 Å². The van der Waals surface area contributed by atoms with Crippen molar-refractivity contribution >= 4 is 17.1 Å². The molecule has 6 aromatic carbocycles. The number of para-hydroxylation sites is 1. The number of nitrogens with zero attached hydrogens (tertiary/aromatic N) is 2. The molecule has 0 fully saturated rings. The Morgan fingerprint density at radius 3 is 1.27 bits per heavy atom. The van der Waals surface area contributed by atoms with Gasteiger partial charge in [-0.15, -0.1) is 0 Å². The average Bonchev–Trinajstić information content (AvgIpc) is 3.19. The van der Waals surface area contributed by atoms with Crippen molar-refractivity contribution in [1.29, 1.82) is 0 Å². The van der Waals surface area contributed by atoms with Crippen LogP contribution in [-0.2, 0) is 6.42 Å². The molecule has 0 atom stereocenters. The maximum absolute atomic E-state index is 13.1. The summed E-state index contributed by atoms with van der Waals surface area (Å²) in [7, 11) is 0. The fourth-order valence-corrected chi connectivity index (χ4v) is 6.86. The Balaban J connectivity index is 0.000000329. The van der Waals surface area contributed by atoms with Gasteiger partial charge in [-0.2, -0.15) is 4.39 Å².